The molecule has 0 aliphatic rings. The molecule has 154 valence electrons. The number of carbonyl (C=O) groups excluding carboxylic acids is 2. The zero-order valence-corrected chi connectivity index (χ0v) is 17.3. The number of para-hydroxylation sites is 1. The Morgan fingerprint density at radius 2 is 1.53 bits per heavy atom. The molecule has 6 nitrogen and oxygen atoms in total. The highest BCUT2D eigenvalue weighted by Gasteiger charge is 2.13. The molecule has 0 aliphatic heterocycles. The minimum absolute atomic E-state index is 0.0419. The van der Waals surface area contributed by atoms with E-state index in [0.29, 0.717) is 22.7 Å². The van der Waals surface area contributed by atoms with E-state index in [4.69, 9.17) is 4.74 Å². The lowest BCUT2D eigenvalue weighted by molar-refractivity contribution is -0.114. The van der Waals surface area contributed by atoms with Crippen LogP contribution in [0.1, 0.15) is 21.5 Å². The summed E-state index contributed by atoms with van der Waals surface area (Å²) in [6.07, 6.45) is 0. The van der Waals surface area contributed by atoms with Gasteiger partial charge in [-0.25, -0.2) is 0 Å². The van der Waals surface area contributed by atoms with E-state index in [2.05, 4.69) is 16.0 Å². The van der Waals surface area contributed by atoms with E-state index < -0.39 is 0 Å². The number of methoxy groups -OCH3 is 1. The van der Waals surface area contributed by atoms with E-state index in [1.807, 2.05) is 38.1 Å². The average molecular weight is 403 g/mol. The van der Waals surface area contributed by atoms with Crippen molar-refractivity contribution in [2.45, 2.75) is 13.8 Å². The first-order valence-electron chi connectivity index (χ1n) is 9.62. The molecule has 0 spiro atoms. The van der Waals surface area contributed by atoms with Crippen LogP contribution in [0.25, 0.3) is 0 Å². The highest BCUT2D eigenvalue weighted by Crippen LogP contribution is 2.20. The molecule has 3 aromatic rings. The van der Waals surface area contributed by atoms with Crippen molar-refractivity contribution in [3.8, 4) is 5.75 Å². The van der Waals surface area contributed by atoms with Crippen LogP contribution >= 0.6 is 0 Å². The van der Waals surface area contributed by atoms with Crippen LogP contribution in [-0.2, 0) is 4.79 Å². The highest BCUT2D eigenvalue weighted by molar-refractivity contribution is 6.08. The minimum Gasteiger partial charge on any atom is -0.497 e. The van der Waals surface area contributed by atoms with Gasteiger partial charge in [-0.1, -0.05) is 24.3 Å². The number of hydrogen-bond donors (Lipinski definition) is 3. The van der Waals surface area contributed by atoms with Gasteiger partial charge in [0.25, 0.3) is 5.91 Å². The van der Waals surface area contributed by atoms with Gasteiger partial charge in [-0.05, 0) is 67.4 Å². The maximum Gasteiger partial charge on any atom is 0.257 e. The van der Waals surface area contributed by atoms with Gasteiger partial charge < -0.3 is 20.7 Å². The number of anilines is 3. The molecular weight excluding hydrogens is 378 g/mol. The molecule has 3 N–H and O–H groups in total. The Hall–Kier alpha value is -3.80. The Morgan fingerprint density at radius 1 is 0.833 bits per heavy atom. The summed E-state index contributed by atoms with van der Waals surface area (Å²) >= 11 is 0. The number of carbonyl (C=O) groups is 2. The zero-order valence-electron chi connectivity index (χ0n) is 17.3. The fourth-order valence-electron chi connectivity index (χ4n) is 2.96. The summed E-state index contributed by atoms with van der Waals surface area (Å²) in [5.41, 5.74) is 4.62. The van der Waals surface area contributed by atoms with Gasteiger partial charge in [0.1, 0.15) is 5.75 Å². The molecule has 6 heteroatoms. The van der Waals surface area contributed by atoms with Gasteiger partial charge in [-0.2, -0.15) is 0 Å². The second-order valence-corrected chi connectivity index (χ2v) is 6.88. The second kappa shape index (κ2) is 9.60. The SMILES string of the molecule is COc1ccc(NC(=O)c2ccccc2NCC(=O)Nc2cccc(C)c2C)cc1. The standard InChI is InChI=1S/C24H25N3O3/c1-16-7-6-10-21(17(16)2)27-23(28)15-25-22-9-5-4-8-20(22)24(29)26-18-11-13-19(30-3)14-12-18/h4-14,25H,15H2,1-3H3,(H,26,29)(H,27,28). The topological polar surface area (TPSA) is 79.5 Å². The summed E-state index contributed by atoms with van der Waals surface area (Å²) in [6, 6.07) is 19.9. The molecule has 0 unspecified atom stereocenters. The third-order valence-electron chi connectivity index (χ3n) is 4.84. The summed E-state index contributed by atoms with van der Waals surface area (Å²) < 4.78 is 5.13. The van der Waals surface area contributed by atoms with E-state index in [1.165, 1.54) is 0 Å². The number of amides is 2. The largest absolute Gasteiger partial charge is 0.497 e. The van der Waals surface area contributed by atoms with Crippen molar-refractivity contribution in [1.29, 1.82) is 0 Å². The molecule has 0 radical (unpaired) electrons. The van der Waals surface area contributed by atoms with Crippen LogP contribution in [0.5, 0.6) is 5.75 Å². The van der Waals surface area contributed by atoms with Crippen LogP contribution in [0.15, 0.2) is 66.7 Å². The molecule has 0 bridgehead atoms. The lowest BCUT2D eigenvalue weighted by Gasteiger charge is -2.14. The van der Waals surface area contributed by atoms with Gasteiger partial charge in [0, 0.05) is 17.1 Å². The van der Waals surface area contributed by atoms with Crippen molar-refractivity contribution in [3.63, 3.8) is 0 Å². The molecule has 0 aliphatic carbocycles. The average Bonchev–Trinajstić information content (AvgIpc) is 2.76. The Kier molecular flexibility index (Phi) is 6.70. The number of rotatable bonds is 7. The molecule has 30 heavy (non-hydrogen) atoms. The molecule has 0 heterocycles. The minimum atomic E-state index is -0.266. The van der Waals surface area contributed by atoms with Gasteiger partial charge in [0.15, 0.2) is 0 Å². The van der Waals surface area contributed by atoms with Crippen LogP contribution < -0.4 is 20.7 Å². The van der Waals surface area contributed by atoms with Crippen LogP contribution in [0.2, 0.25) is 0 Å². The fraction of sp³-hybridized carbons (Fsp3) is 0.167. The van der Waals surface area contributed by atoms with Gasteiger partial charge >= 0.3 is 0 Å². The first-order chi connectivity index (χ1) is 14.5. The van der Waals surface area contributed by atoms with Gasteiger partial charge in [0.05, 0.1) is 19.2 Å². The van der Waals surface area contributed by atoms with Crippen molar-refractivity contribution < 1.29 is 14.3 Å². The lowest BCUT2D eigenvalue weighted by atomic mass is 10.1. The molecule has 0 saturated heterocycles. The van der Waals surface area contributed by atoms with E-state index in [9.17, 15) is 9.59 Å². The van der Waals surface area contributed by atoms with Crippen LogP contribution in [0.3, 0.4) is 0 Å². The fourth-order valence-corrected chi connectivity index (χ4v) is 2.96. The van der Waals surface area contributed by atoms with Crippen molar-refractivity contribution >= 4 is 28.9 Å². The van der Waals surface area contributed by atoms with Crippen LogP contribution in [-0.4, -0.2) is 25.5 Å². The molecule has 3 aromatic carbocycles. The Labute approximate surface area is 176 Å². The number of aryl methyl sites for hydroxylation is 1. The summed E-state index contributed by atoms with van der Waals surface area (Å²) in [6.45, 7) is 4.01. The summed E-state index contributed by atoms with van der Waals surface area (Å²) in [5.74, 6) is 0.261. The molecule has 0 aromatic heterocycles. The first-order valence-corrected chi connectivity index (χ1v) is 9.62. The second-order valence-electron chi connectivity index (χ2n) is 6.88. The Morgan fingerprint density at radius 3 is 2.27 bits per heavy atom. The summed E-state index contributed by atoms with van der Waals surface area (Å²) in [7, 11) is 1.59. The van der Waals surface area contributed by atoms with Crippen molar-refractivity contribution in [1.82, 2.24) is 0 Å². The zero-order chi connectivity index (χ0) is 21.5. The van der Waals surface area contributed by atoms with E-state index in [-0.39, 0.29) is 18.4 Å². The number of nitrogens with one attached hydrogen (secondary N) is 3. The highest BCUT2D eigenvalue weighted by atomic mass is 16.5. The molecular formula is C24H25N3O3. The monoisotopic (exact) mass is 403 g/mol. The number of benzene rings is 3. The van der Waals surface area contributed by atoms with Gasteiger partial charge in [0.2, 0.25) is 5.91 Å². The third kappa shape index (κ3) is 5.17. The molecule has 0 saturated carbocycles. The van der Waals surface area contributed by atoms with Crippen molar-refractivity contribution in [2.24, 2.45) is 0 Å². The smallest absolute Gasteiger partial charge is 0.257 e. The third-order valence-corrected chi connectivity index (χ3v) is 4.84. The quantitative estimate of drug-likeness (QED) is 0.538. The number of hydrogen-bond acceptors (Lipinski definition) is 4. The van der Waals surface area contributed by atoms with Gasteiger partial charge in [-0.15, -0.1) is 0 Å². The lowest BCUT2D eigenvalue weighted by Crippen LogP contribution is -2.23. The van der Waals surface area contributed by atoms with Crippen molar-refractivity contribution in [3.05, 3.63) is 83.4 Å². The molecule has 2 amide bonds. The van der Waals surface area contributed by atoms with Gasteiger partial charge in [-0.3, -0.25) is 9.59 Å². The Bertz CT molecular complexity index is 1050. The summed E-state index contributed by atoms with van der Waals surface area (Å²) in [4.78, 5) is 25.1. The predicted octanol–water partition coefficient (Wildman–Crippen LogP) is 4.61. The maximum absolute atomic E-state index is 12.7. The first kappa shape index (κ1) is 20.9. The van der Waals surface area contributed by atoms with E-state index >= 15 is 0 Å². The van der Waals surface area contributed by atoms with Crippen LogP contribution in [0, 0.1) is 13.8 Å². The molecule has 0 atom stereocenters. The van der Waals surface area contributed by atoms with Crippen molar-refractivity contribution in [2.75, 3.05) is 29.6 Å². The van der Waals surface area contributed by atoms with E-state index in [1.54, 1.807) is 49.6 Å². The summed E-state index contributed by atoms with van der Waals surface area (Å²) in [5, 5.41) is 8.82. The normalized spacial score (nSPS) is 10.2. The molecule has 3 rings (SSSR count). The predicted molar refractivity (Wildman–Crippen MR) is 120 cm³/mol. The van der Waals surface area contributed by atoms with E-state index in [0.717, 1.165) is 16.8 Å². The molecule has 0 fully saturated rings. The van der Waals surface area contributed by atoms with Crippen LogP contribution in [0.4, 0.5) is 17.1 Å². The number of ether oxygens (including phenoxy) is 1. The Balaban J connectivity index is 1.65. The maximum atomic E-state index is 12.7.